The highest BCUT2D eigenvalue weighted by atomic mass is 16.3. The Kier molecular flexibility index (Phi) is 4.45. The largest absolute Gasteiger partial charge is 0.390 e. The number of likely N-dealkylation sites (N-methyl/N-ethyl adjacent to an activating group) is 1. The molecule has 132 valence electrons. The Morgan fingerprint density at radius 3 is 2.50 bits per heavy atom. The topological polar surface area (TPSA) is 55.7 Å². The van der Waals surface area contributed by atoms with Gasteiger partial charge in [0.1, 0.15) is 0 Å². The molecule has 2 aliphatic heterocycles. The number of aromatic nitrogens is 2. The van der Waals surface area contributed by atoms with Crippen LogP contribution in [0.2, 0.25) is 0 Å². The minimum Gasteiger partial charge on any atom is -0.390 e. The third-order valence-corrected chi connectivity index (χ3v) is 5.93. The second kappa shape index (κ2) is 6.58. The molecule has 6 nitrogen and oxygen atoms in total. The zero-order valence-electron chi connectivity index (χ0n) is 14.9. The van der Waals surface area contributed by atoms with Crippen LogP contribution in [0.15, 0.2) is 6.07 Å². The summed E-state index contributed by atoms with van der Waals surface area (Å²) in [7, 11) is 2.16. The third kappa shape index (κ3) is 3.15. The molecule has 1 aliphatic carbocycles. The number of β-amino-alcohol motifs (C(OH)–C–C–N with tert-alkyl or cyclic N) is 1. The van der Waals surface area contributed by atoms with Gasteiger partial charge in [-0.1, -0.05) is 6.42 Å². The monoisotopic (exact) mass is 331 g/mol. The van der Waals surface area contributed by atoms with Gasteiger partial charge < -0.3 is 14.9 Å². The highest BCUT2D eigenvalue weighted by Gasteiger charge is 2.37. The molecule has 1 aromatic rings. The normalized spacial score (nSPS) is 29.9. The molecule has 3 heterocycles. The number of aliphatic hydroxyl groups excluding tert-OH is 1. The molecule has 2 atom stereocenters. The first-order valence-electron chi connectivity index (χ1n) is 9.31. The molecule has 0 radical (unpaired) electrons. The first-order chi connectivity index (χ1) is 11.6. The number of aliphatic hydroxyl groups is 1. The molecule has 0 aromatic carbocycles. The average Bonchev–Trinajstić information content (AvgIpc) is 2.88. The van der Waals surface area contributed by atoms with E-state index < -0.39 is 0 Å². The second-order valence-corrected chi connectivity index (χ2v) is 7.74. The molecule has 2 saturated heterocycles. The lowest BCUT2D eigenvalue weighted by Crippen LogP contribution is -2.52. The van der Waals surface area contributed by atoms with Gasteiger partial charge in [0.25, 0.3) is 0 Å². The maximum Gasteiger partial charge on any atom is 0.225 e. The van der Waals surface area contributed by atoms with Gasteiger partial charge in [-0.15, -0.1) is 0 Å². The van der Waals surface area contributed by atoms with Crippen LogP contribution in [-0.4, -0.2) is 83.3 Å². The van der Waals surface area contributed by atoms with Crippen LogP contribution in [0.1, 0.15) is 36.6 Å². The summed E-state index contributed by atoms with van der Waals surface area (Å²) in [6.07, 6.45) is 3.51. The van der Waals surface area contributed by atoms with Crippen LogP contribution < -0.4 is 4.90 Å². The van der Waals surface area contributed by atoms with E-state index in [0.29, 0.717) is 12.5 Å². The van der Waals surface area contributed by atoms with Crippen LogP contribution >= 0.6 is 0 Å². The summed E-state index contributed by atoms with van der Waals surface area (Å²) in [5, 5.41) is 10.6. The number of nitrogens with zero attached hydrogens (tertiary/aromatic N) is 5. The summed E-state index contributed by atoms with van der Waals surface area (Å²) in [5.41, 5.74) is 2.24. The zero-order chi connectivity index (χ0) is 16.7. The molecule has 0 amide bonds. The van der Waals surface area contributed by atoms with Gasteiger partial charge in [-0.05, 0) is 32.9 Å². The van der Waals surface area contributed by atoms with Crippen molar-refractivity contribution in [1.82, 2.24) is 19.8 Å². The number of hydrogen-bond acceptors (Lipinski definition) is 6. The van der Waals surface area contributed by atoms with E-state index in [-0.39, 0.29) is 12.1 Å². The minimum absolute atomic E-state index is 0.204. The summed E-state index contributed by atoms with van der Waals surface area (Å²) in [6.45, 7) is 7.76. The van der Waals surface area contributed by atoms with E-state index in [2.05, 4.69) is 39.7 Å². The van der Waals surface area contributed by atoms with E-state index in [1.165, 1.54) is 25.0 Å². The highest BCUT2D eigenvalue weighted by molar-refractivity contribution is 5.36. The van der Waals surface area contributed by atoms with Crippen molar-refractivity contribution in [3.63, 3.8) is 0 Å². The van der Waals surface area contributed by atoms with Crippen molar-refractivity contribution in [2.24, 2.45) is 0 Å². The van der Waals surface area contributed by atoms with Gasteiger partial charge in [-0.3, -0.25) is 4.90 Å². The van der Waals surface area contributed by atoms with Gasteiger partial charge in [0.15, 0.2) is 0 Å². The first kappa shape index (κ1) is 16.2. The van der Waals surface area contributed by atoms with Crippen molar-refractivity contribution in [3.8, 4) is 0 Å². The van der Waals surface area contributed by atoms with E-state index in [1.54, 1.807) is 0 Å². The lowest BCUT2D eigenvalue weighted by atomic mass is 9.83. The Balaban J connectivity index is 1.48. The first-order valence-corrected chi connectivity index (χ1v) is 9.31. The predicted molar refractivity (Wildman–Crippen MR) is 94.4 cm³/mol. The van der Waals surface area contributed by atoms with Crippen LogP contribution in [0, 0.1) is 6.92 Å². The van der Waals surface area contributed by atoms with Crippen LogP contribution in [0.25, 0.3) is 0 Å². The van der Waals surface area contributed by atoms with Crippen molar-refractivity contribution in [2.75, 3.05) is 51.2 Å². The Morgan fingerprint density at radius 1 is 1.08 bits per heavy atom. The Bertz CT molecular complexity index is 583. The van der Waals surface area contributed by atoms with E-state index in [1.807, 2.05) is 0 Å². The summed E-state index contributed by atoms with van der Waals surface area (Å²) in [6, 6.07) is 2.34. The third-order valence-electron chi connectivity index (χ3n) is 5.93. The molecule has 1 aromatic heterocycles. The quantitative estimate of drug-likeness (QED) is 0.886. The number of hydrogen-bond donors (Lipinski definition) is 1. The van der Waals surface area contributed by atoms with Crippen molar-refractivity contribution in [3.05, 3.63) is 17.5 Å². The standard InChI is InChI=1S/C18H29N5O/c1-13-10-15(14-4-3-5-14)20-18(19-13)23-11-16(17(24)12-23)22-8-6-21(2)7-9-22/h10,14,16-17,24H,3-9,11-12H2,1-2H3/t16-,17-/m1/s1. The predicted octanol–water partition coefficient (Wildman–Crippen LogP) is 0.849. The van der Waals surface area contributed by atoms with Crippen LogP contribution in [0.4, 0.5) is 5.95 Å². The molecule has 1 saturated carbocycles. The Hall–Kier alpha value is -1.24. The lowest BCUT2D eigenvalue weighted by Gasteiger charge is -2.37. The van der Waals surface area contributed by atoms with Gasteiger partial charge in [0.2, 0.25) is 5.95 Å². The maximum atomic E-state index is 10.6. The molecule has 24 heavy (non-hydrogen) atoms. The average molecular weight is 331 g/mol. The molecule has 4 rings (SSSR count). The molecule has 3 aliphatic rings. The van der Waals surface area contributed by atoms with Crippen molar-refractivity contribution in [1.29, 1.82) is 0 Å². The Morgan fingerprint density at radius 2 is 1.83 bits per heavy atom. The smallest absolute Gasteiger partial charge is 0.225 e. The van der Waals surface area contributed by atoms with Crippen LogP contribution in [0.3, 0.4) is 0 Å². The van der Waals surface area contributed by atoms with Crippen molar-refractivity contribution in [2.45, 2.75) is 44.2 Å². The molecule has 1 N–H and O–H groups in total. The Labute approximate surface area is 144 Å². The molecule has 3 fully saturated rings. The summed E-state index contributed by atoms with van der Waals surface area (Å²) in [4.78, 5) is 16.5. The molecule has 0 unspecified atom stereocenters. The zero-order valence-corrected chi connectivity index (χ0v) is 14.9. The maximum absolute atomic E-state index is 10.6. The molecule has 6 heteroatoms. The highest BCUT2D eigenvalue weighted by Crippen LogP contribution is 2.36. The molecule has 0 bridgehead atoms. The summed E-state index contributed by atoms with van der Waals surface area (Å²) in [5.74, 6) is 1.43. The van der Waals surface area contributed by atoms with Crippen molar-refractivity contribution < 1.29 is 5.11 Å². The van der Waals surface area contributed by atoms with Gasteiger partial charge in [-0.2, -0.15) is 0 Å². The second-order valence-electron chi connectivity index (χ2n) is 7.74. The van der Waals surface area contributed by atoms with Gasteiger partial charge >= 0.3 is 0 Å². The van der Waals surface area contributed by atoms with E-state index in [0.717, 1.165) is 44.4 Å². The van der Waals surface area contributed by atoms with Gasteiger partial charge in [-0.25, -0.2) is 9.97 Å². The summed E-state index contributed by atoms with van der Waals surface area (Å²) >= 11 is 0. The number of anilines is 1. The van der Waals surface area contributed by atoms with E-state index in [9.17, 15) is 5.11 Å². The molecular formula is C18H29N5O. The number of rotatable bonds is 3. The van der Waals surface area contributed by atoms with Gasteiger partial charge in [0, 0.05) is 56.6 Å². The van der Waals surface area contributed by atoms with Crippen LogP contribution in [0.5, 0.6) is 0 Å². The SMILES string of the molecule is Cc1cc(C2CCC2)nc(N2C[C@@H](O)[C@H](N3CCN(C)CC3)C2)n1. The van der Waals surface area contributed by atoms with Gasteiger partial charge in [0.05, 0.1) is 12.1 Å². The lowest BCUT2D eigenvalue weighted by molar-refractivity contribution is 0.0512. The fourth-order valence-corrected chi connectivity index (χ4v) is 4.08. The van der Waals surface area contributed by atoms with Crippen LogP contribution in [-0.2, 0) is 0 Å². The fourth-order valence-electron chi connectivity index (χ4n) is 4.08. The van der Waals surface area contributed by atoms with E-state index in [4.69, 9.17) is 4.98 Å². The summed E-state index contributed by atoms with van der Waals surface area (Å²) < 4.78 is 0. The molecule has 0 spiro atoms. The number of piperazine rings is 1. The minimum atomic E-state index is -0.315. The van der Waals surface area contributed by atoms with Crippen molar-refractivity contribution >= 4 is 5.95 Å². The van der Waals surface area contributed by atoms with E-state index >= 15 is 0 Å². The molecular weight excluding hydrogens is 302 g/mol. The number of aryl methyl sites for hydroxylation is 1. The fraction of sp³-hybridized carbons (Fsp3) is 0.778.